The highest BCUT2D eigenvalue weighted by atomic mass is 16.5. The highest BCUT2D eigenvalue weighted by Gasteiger charge is 2.16. The summed E-state index contributed by atoms with van der Waals surface area (Å²) >= 11 is 0. The molecule has 1 aromatic rings. The Hall–Kier alpha value is -1.56. The number of likely N-dealkylation sites (N-methyl/N-ethyl adjacent to an activating group) is 1. The molecule has 6 heteroatoms. The van der Waals surface area contributed by atoms with Gasteiger partial charge in [-0.15, -0.1) is 0 Å². The van der Waals surface area contributed by atoms with E-state index in [1.165, 1.54) is 0 Å². The molecule has 0 aromatic carbocycles. The molecule has 0 fully saturated rings. The zero-order chi connectivity index (χ0) is 13.7. The second-order valence-electron chi connectivity index (χ2n) is 4.19. The molecule has 1 rings (SSSR count). The lowest BCUT2D eigenvalue weighted by molar-refractivity contribution is -0.122. The number of methoxy groups -OCH3 is 1. The van der Waals surface area contributed by atoms with Gasteiger partial charge in [0.1, 0.15) is 0 Å². The first-order chi connectivity index (χ1) is 8.51. The average molecular weight is 254 g/mol. The second-order valence-corrected chi connectivity index (χ2v) is 4.19. The predicted octanol–water partition coefficient (Wildman–Crippen LogP) is 0.351. The Bertz CT molecular complexity index is 414. The van der Waals surface area contributed by atoms with Crippen molar-refractivity contribution < 1.29 is 9.53 Å². The summed E-state index contributed by atoms with van der Waals surface area (Å²) in [5.41, 5.74) is 1.89. The molecular formula is C12H22N4O2. The maximum Gasteiger partial charge on any atom is 0.236 e. The van der Waals surface area contributed by atoms with E-state index in [-0.39, 0.29) is 11.9 Å². The van der Waals surface area contributed by atoms with Gasteiger partial charge in [0.15, 0.2) is 0 Å². The summed E-state index contributed by atoms with van der Waals surface area (Å²) in [5.74, 6) is 0.723. The molecule has 0 aliphatic heterocycles. The number of amides is 1. The lowest BCUT2D eigenvalue weighted by Gasteiger charge is -2.13. The fourth-order valence-electron chi connectivity index (χ4n) is 1.81. The first-order valence-corrected chi connectivity index (χ1v) is 6.08. The second kappa shape index (κ2) is 6.39. The molecule has 0 radical (unpaired) electrons. The van der Waals surface area contributed by atoms with Crippen LogP contribution < -0.4 is 15.4 Å². The lowest BCUT2D eigenvalue weighted by Crippen LogP contribution is -2.41. The highest BCUT2D eigenvalue weighted by molar-refractivity contribution is 5.81. The normalized spacial score (nSPS) is 12.3. The van der Waals surface area contributed by atoms with Crippen LogP contribution in [0.4, 0.5) is 0 Å². The summed E-state index contributed by atoms with van der Waals surface area (Å²) < 4.78 is 6.99. The minimum absolute atomic E-state index is 0.00184. The van der Waals surface area contributed by atoms with Crippen LogP contribution in [0, 0.1) is 6.92 Å². The van der Waals surface area contributed by atoms with Gasteiger partial charge in [-0.3, -0.25) is 4.79 Å². The first kappa shape index (κ1) is 14.5. The summed E-state index contributed by atoms with van der Waals surface area (Å²) in [4.78, 5) is 11.6. The van der Waals surface area contributed by atoms with Crippen LogP contribution in [0.1, 0.15) is 25.1 Å². The number of aryl methyl sites for hydroxylation is 2. The third-order valence-corrected chi connectivity index (χ3v) is 2.81. The van der Waals surface area contributed by atoms with Crippen LogP contribution in [-0.2, 0) is 18.4 Å². The van der Waals surface area contributed by atoms with Crippen molar-refractivity contribution >= 4 is 5.91 Å². The number of hydrogen-bond donors (Lipinski definition) is 2. The fourth-order valence-corrected chi connectivity index (χ4v) is 1.81. The molecule has 0 bridgehead atoms. The van der Waals surface area contributed by atoms with E-state index in [2.05, 4.69) is 15.7 Å². The molecule has 0 saturated heterocycles. The minimum Gasteiger partial charge on any atom is -0.481 e. The number of rotatable bonds is 6. The van der Waals surface area contributed by atoms with E-state index in [0.29, 0.717) is 13.1 Å². The minimum atomic E-state index is -0.241. The third-order valence-electron chi connectivity index (χ3n) is 2.81. The Morgan fingerprint density at radius 2 is 2.22 bits per heavy atom. The maximum absolute atomic E-state index is 11.6. The van der Waals surface area contributed by atoms with Crippen molar-refractivity contribution in [3.63, 3.8) is 0 Å². The number of ether oxygens (including phenoxy) is 1. The number of carbonyl (C=O) groups excluding carboxylic acids is 1. The van der Waals surface area contributed by atoms with Crippen molar-refractivity contribution in [1.29, 1.82) is 0 Å². The molecule has 102 valence electrons. The predicted molar refractivity (Wildman–Crippen MR) is 69.5 cm³/mol. The topological polar surface area (TPSA) is 68.2 Å². The SMILES string of the molecule is CCNC(=O)C(C)NCc1c(C)nn(C)c1OC. The van der Waals surface area contributed by atoms with Crippen molar-refractivity contribution in [1.82, 2.24) is 20.4 Å². The van der Waals surface area contributed by atoms with Gasteiger partial charge in [0.05, 0.1) is 24.4 Å². The van der Waals surface area contributed by atoms with Crippen molar-refractivity contribution in [3.05, 3.63) is 11.3 Å². The van der Waals surface area contributed by atoms with Gasteiger partial charge >= 0.3 is 0 Å². The Labute approximate surface area is 108 Å². The Kier molecular flexibility index (Phi) is 5.15. The van der Waals surface area contributed by atoms with Gasteiger partial charge in [0.2, 0.25) is 11.8 Å². The zero-order valence-electron chi connectivity index (χ0n) is 11.7. The Balaban J connectivity index is 2.66. The molecule has 0 aliphatic carbocycles. The van der Waals surface area contributed by atoms with E-state index >= 15 is 0 Å². The zero-order valence-corrected chi connectivity index (χ0v) is 11.7. The molecule has 1 heterocycles. The molecule has 1 amide bonds. The summed E-state index contributed by atoms with van der Waals surface area (Å²) in [6.45, 7) is 6.86. The van der Waals surface area contributed by atoms with Gasteiger partial charge < -0.3 is 15.4 Å². The number of hydrogen-bond acceptors (Lipinski definition) is 4. The van der Waals surface area contributed by atoms with E-state index < -0.39 is 0 Å². The number of aromatic nitrogens is 2. The first-order valence-electron chi connectivity index (χ1n) is 6.08. The quantitative estimate of drug-likeness (QED) is 0.768. The summed E-state index contributed by atoms with van der Waals surface area (Å²) in [6, 6.07) is -0.241. The summed E-state index contributed by atoms with van der Waals surface area (Å²) in [5, 5.41) is 10.2. The van der Waals surface area contributed by atoms with Crippen LogP contribution in [0.2, 0.25) is 0 Å². The monoisotopic (exact) mass is 254 g/mol. The van der Waals surface area contributed by atoms with E-state index in [1.54, 1.807) is 11.8 Å². The average Bonchev–Trinajstić information content (AvgIpc) is 2.60. The van der Waals surface area contributed by atoms with Crippen LogP contribution in [-0.4, -0.2) is 35.4 Å². The van der Waals surface area contributed by atoms with Crippen molar-refractivity contribution in [2.45, 2.75) is 33.4 Å². The fraction of sp³-hybridized carbons (Fsp3) is 0.667. The molecule has 18 heavy (non-hydrogen) atoms. The summed E-state index contributed by atoms with van der Waals surface area (Å²) in [7, 11) is 3.45. The van der Waals surface area contributed by atoms with Crippen LogP contribution in [0.5, 0.6) is 5.88 Å². The smallest absolute Gasteiger partial charge is 0.236 e. The van der Waals surface area contributed by atoms with Crippen LogP contribution in [0.3, 0.4) is 0 Å². The van der Waals surface area contributed by atoms with Gasteiger partial charge in [0, 0.05) is 20.1 Å². The molecule has 0 spiro atoms. The number of nitrogens with zero attached hydrogens (tertiary/aromatic N) is 2. The molecule has 1 atom stereocenters. The lowest BCUT2D eigenvalue weighted by atomic mass is 10.2. The van der Waals surface area contributed by atoms with E-state index in [9.17, 15) is 4.79 Å². The van der Waals surface area contributed by atoms with Crippen molar-refractivity contribution in [2.24, 2.45) is 7.05 Å². The Morgan fingerprint density at radius 1 is 1.56 bits per heavy atom. The van der Waals surface area contributed by atoms with Gasteiger partial charge in [-0.25, -0.2) is 4.68 Å². The van der Waals surface area contributed by atoms with Crippen LogP contribution in [0.15, 0.2) is 0 Å². The number of nitrogens with one attached hydrogen (secondary N) is 2. The highest BCUT2D eigenvalue weighted by Crippen LogP contribution is 2.20. The number of carbonyl (C=O) groups is 1. The van der Waals surface area contributed by atoms with Gasteiger partial charge in [-0.1, -0.05) is 0 Å². The molecule has 0 saturated carbocycles. The van der Waals surface area contributed by atoms with Gasteiger partial charge in [-0.05, 0) is 20.8 Å². The molecule has 2 N–H and O–H groups in total. The van der Waals surface area contributed by atoms with E-state index in [4.69, 9.17) is 4.74 Å². The Morgan fingerprint density at radius 3 is 2.78 bits per heavy atom. The van der Waals surface area contributed by atoms with Gasteiger partial charge in [-0.2, -0.15) is 5.10 Å². The third kappa shape index (κ3) is 3.22. The van der Waals surface area contributed by atoms with E-state index in [0.717, 1.165) is 17.1 Å². The molecular weight excluding hydrogens is 232 g/mol. The molecule has 0 aliphatic rings. The van der Waals surface area contributed by atoms with Crippen LogP contribution in [0.25, 0.3) is 0 Å². The standard InChI is InChI=1S/C12H22N4O2/c1-6-13-11(17)9(3)14-7-10-8(2)15-16(4)12(10)18-5/h9,14H,6-7H2,1-5H3,(H,13,17). The largest absolute Gasteiger partial charge is 0.481 e. The van der Waals surface area contributed by atoms with Gasteiger partial charge in [0.25, 0.3) is 0 Å². The maximum atomic E-state index is 11.6. The van der Waals surface area contributed by atoms with E-state index in [1.807, 2.05) is 27.8 Å². The van der Waals surface area contributed by atoms with Crippen molar-refractivity contribution in [3.8, 4) is 5.88 Å². The summed E-state index contributed by atoms with van der Waals surface area (Å²) in [6.07, 6.45) is 0. The van der Waals surface area contributed by atoms with Crippen molar-refractivity contribution in [2.75, 3.05) is 13.7 Å². The molecule has 6 nitrogen and oxygen atoms in total. The van der Waals surface area contributed by atoms with Crippen LogP contribution >= 0.6 is 0 Å². The molecule has 1 unspecified atom stereocenters. The molecule has 1 aromatic heterocycles.